The van der Waals surface area contributed by atoms with Gasteiger partial charge < -0.3 is 19.7 Å². The average Bonchev–Trinajstić information content (AvgIpc) is 3.63. The van der Waals surface area contributed by atoms with Crippen LogP contribution in [0.25, 0.3) is 0 Å². The summed E-state index contributed by atoms with van der Waals surface area (Å²) in [7, 11) is 0. The van der Waals surface area contributed by atoms with E-state index in [-0.39, 0.29) is 58.6 Å². The summed E-state index contributed by atoms with van der Waals surface area (Å²) in [5, 5.41) is 23.7. The second kappa shape index (κ2) is 10.9. The Morgan fingerprint density at radius 1 is 0.976 bits per heavy atom. The van der Waals surface area contributed by atoms with Gasteiger partial charge in [0.05, 0.1) is 18.1 Å². The largest absolute Gasteiger partial charge is 0.462 e. The summed E-state index contributed by atoms with van der Waals surface area (Å²) in [5.74, 6) is 2.50. The van der Waals surface area contributed by atoms with Gasteiger partial charge in [0.1, 0.15) is 11.7 Å². The molecule has 0 aromatic heterocycles. The van der Waals surface area contributed by atoms with Crippen molar-refractivity contribution in [1.29, 1.82) is 0 Å². The summed E-state index contributed by atoms with van der Waals surface area (Å²) in [5.41, 5.74) is -0.677. The number of aliphatic hydroxyl groups is 2. The van der Waals surface area contributed by atoms with Gasteiger partial charge in [0.2, 0.25) is 0 Å². The summed E-state index contributed by atoms with van der Waals surface area (Å²) in [6, 6.07) is 0. The number of hydrogen-bond acceptors (Lipinski definition) is 6. The first-order chi connectivity index (χ1) is 19.7. The molecule has 0 aromatic carbocycles. The molecule has 6 nitrogen and oxygen atoms in total. The molecule has 0 saturated heterocycles. The molecule has 0 aromatic rings. The highest BCUT2D eigenvalue weighted by atomic mass is 16.6. The van der Waals surface area contributed by atoms with Crippen molar-refractivity contribution < 1.29 is 29.3 Å². The van der Waals surface area contributed by atoms with Crippen LogP contribution in [0.4, 0.5) is 0 Å². The van der Waals surface area contributed by atoms with Gasteiger partial charge in [-0.1, -0.05) is 32.9 Å². The van der Waals surface area contributed by atoms with E-state index in [1.165, 1.54) is 0 Å². The van der Waals surface area contributed by atoms with E-state index in [9.17, 15) is 19.8 Å². The summed E-state index contributed by atoms with van der Waals surface area (Å²) in [6.07, 6.45) is 13.1. The van der Waals surface area contributed by atoms with E-state index in [4.69, 9.17) is 9.47 Å². The quantitative estimate of drug-likeness (QED) is 0.275. The third-order valence-corrected chi connectivity index (χ3v) is 13.6. The van der Waals surface area contributed by atoms with E-state index in [0.29, 0.717) is 36.0 Å². The molecule has 6 aliphatic carbocycles. The SMILES string of the molecule is C[C@H](CCC(=O)OC(C)(C)C)[C@H]1CC[C@H]2[C@@H]3[C@H](O)C[C@@H]4C[C@H](OC(=O)C5CC6C=CC5C6)CC[C@]4(C)[C@H]3C[C@H](O)[C@]12C. The summed E-state index contributed by atoms with van der Waals surface area (Å²) < 4.78 is 11.7. The van der Waals surface area contributed by atoms with Crippen LogP contribution in [0.5, 0.6) is 0 Å². The predicted molar refractivity (Wildman–Crippen MR) is 161 cm³/mol. The number of allylic oxidation sites excluding steroid dienone is 2. The molecule has 6 aliphatic rings. The van der Waals surface area contributed by atoms with Gasteiger partial charge in [0.25, 0.3) is 0 Å². The van der Waals surface area contributed by atoms with E-state index in [0.717, 1.165) is 64.2 Å². The van der Waals surface area contributed by atoms with E-state index < -0.39 is 11.7 Å². The molecule has 0 heterocycles. The van der Waals surface area contributed by atoms with E-state index in [2.05, 4.69) is 32.9 Å². The monoisotopic (exact) mass is 584 g/mol. The first kappa shape index (κ1) is 30.6. The molecular weight excluding hydrogens is 528 g/mol. The minimum Gasteiger partial charge on any atom is -0.462 e. The lowest BCUT2D eigenvalue weighted by Crippen LogP contribution is -2.62. The van der Waals surface area contributed by atoms with Crippen LogP contribution >= 0.6 is 0 Å². The lowest BCUT2D eigenvalue weighted by atomic mass is 9.43. The molecule has 42 heavy (non-hydrogen) atoms. The first-order valence-electron chi connectivity index (χ1n) is 17.2. The van der Waals surface area contributed by atoms with Crippen molar-refractivity contribution in [3.63, 3.8) is 0 Å². The van der Waals surface area contributed by atoms with Gasteiger partial charge in [-0.3, -0.25) is 9.59 Å². The molecular formula is C36H56O6. The number of esters is 2. The van der Waals surface area contributed by atoms with Gasteiger partial charge in [0, 0.05) is 6.42 Å². The fourth-order valence-electron chi connectivity index (χ4n) is 11.5. The number of aliphatic hydroxyl groups excluding tert-OH is 2. The molecule has 2 N–H and O–H groups in total. The Bertz CT molecular complexity index is 1080. The molecule has 5 fully saturated rings. The maximum atomic E-state index is 13.1. The molecule has 6 rings (SSSR count). The maximum Gasteiger partial charge on any atom is 0.309 e. The van der Waals surface area contributed by atoms with E-state index in [1.54, 1.807) is 0 Å². The number of hydrogen-bond donors (Lipinski definition) is 2. The van der Waals surface area contributed by atoms with Crippen LogP contribution in [0, 0.1) is 64.1 Å². The normalized spacial score (nSPS) is 48.2. The van der Waals surface area contributed by atoms with Gasteiger partial charge in [-0.15, -0.1) is 0 Å². The topological polar surface area (TPSA) is 93.1 Å². The van der Waals surface area contributed by atoms with Crippen LogP contribution < -0.4 is 0 Å². The van der Waals surface area contributed by atoms with E-state index in [1.807, 2.05) is 20.8 Å². The Kier molecular flexibility index (Phi) is 7.94. The smallest absolute Gasteiger partial charge is 0.309 e. The third kappa shape index (κ3) is 5.18. The second-order valence-corrected chi connectivity index (χ2v) is 16.9. The van der Waals surface area contributed by atoms with Gasteiger partial charge in [-0.05, 0) is 143 Å². The molecule has 236 valence electrons. The standard InChI is InChI=1S/C36H56O6/c1-20(7-12-31(39)42-34(2,3)4)26-10-11-27-32-28(19-30(38)36(26,27)6)35(5)14-13-24(17-23(35)18-29(32)37)41-33(40)25-16-21-8-9-22(25)15-21/h8-9,20-30,32,37-38H,7,10-19H2,1-6H3/t20-,21?,22?,23+,24-,25?,26-,27+,28+,29-,30+,32+,35+,36-/m1/s1. The van der Waals surface area contributed by atoms with Gasteiger partial charge in [0.15, 0.2) is 0 Å². The first-order valence-corrected chi connectivity index (χ1v) is 17.2. The number of fused-ring (bicyclic) bond motifs is 7. The maximum absolute atomic E-state index is 13.1. The number of carbonyl (C=O) groups is 2. The van der Waals surface area contributed by atoms with Crippen LogP contribution in [-0.4, -0.2) is 46.1 Å². The minimum absolute atomic E-state index is 0.00340. The number of carbonyl (C=O) groups excluding carboxylic acids is 2. The molecule has 5 saturated carbocycles. The third-order valence-electron chi connectivity index (χ3n) is 13.6. The van der Waals surface area contributed by atoms with Crippen molar-refractivity contribution in [2.24, 2.45) is 64.1 Å². The van der Waals surface area contributed by atoms with Crippen molar-refractivity contribution in [1.82, 2.24) is 0 Å². The number of ether oxygens (including phenoxy) is 2. The van der Waals surface area contributed by atoms with Gasteiger partial charge in [-0.2, -0.15) is 0 Å². The molecule has 3 unspecified atom stereocenters. The van der Waals surface area contributed by atoms with Gasteiger partial charge >= 0.3 is 11.9 Å². The van der Waals surface area contributed by atoms with E-state index >= 15 is 0 Å². The zero-order chi connectivity index (χ0) is 30.2. The predicted octanol–water partition coefficient (Wildman–Crippen LogP) is 6.47. The lowest BCUT2D eigenvalue weighted by molar-refractivity contribution is -0.210. The van der Waals surface area contributed by atoms with Crippen molar-refractivity contribution >= 4 is 11.9 Å². The second-order valence-electron chi connectivity index (χ2n) is 16.9. The molecule has 0 spiro atoms. The number of rotatable bonds is 6. The average molecular weight is 585 g/mol. The Balaban J connectivity index is 1.11. The molecule has 0 radical (unpaired) electrons. The fraction of sp³-hybridized carbons (Fsp3) is 0.889. The summed E-state index contributed by atoms with van der Waals surface area (Å²) in [6.45, 7) is 12.6. The molecule has 0 amide bonds. The van der Waals surface area contributed by atoms with Crippen LogP contribution in [0.1, 0.15) is 112 Å². The van der Waals surface area contributed by atoms with Crippen molar-refractivity contribution in [3.8, 4) is 0 Å². The molecule has 0 aliphatic heterocycles. The molecule has 2 bridgehead atoms. The Morgan fingerprint density at radius 2 is 1.74 bits per heavy atom. The highest BCUT2D eigenvalue weighted by molar-refractivity contribution is 5.74. The van der Waals surface area contributed by atoms with Crippen LogP contribution in [0.2, 0.25) is 0 Å². The van der Waals surface area contributed by atoms with Gasteiger partial charge in [-0.25, -0.2) is 0 Å². The Labute approximate surface area is 253 Å². The van der Waals surface area contributed by atoms with Crippen molar-refractivity contribution in [3.05, 3.63) is 12.2 Å². The Morgan fingerprint density at radius 3 is 2.40 bits per heavy atom. The highest BCUT2D eigenvalue weighted by Crippen LogP contribution is 2.68. The Hall–Kier alpha value is -1.40. The van der Waals surface area contributed by atoms with Crippen LogP contribution in [0.3, 0.4) is 0 Å². The minimum atomic E-state index is -0.474. The lowest BCUT2D eigenvalue weighted by Gasteiger charge is -2.63. The molecule has 6 heteroatoms. The highest BCUT2D eigenvalue weighted by Gasteiger charge is 2.66. The summed E-state index contributed by atoms with van der Waals surface area (Å²) in [4.78, 5) is 25.6. The summed E-state index contributed by atoms with van der Waals surface area (Å²) >= 11 is 0. The van der Waals surface area contributed by atoms with Crippen molar-refractivity contribution in [2.75, 3.05) is 0 Å². The molecule has 14 atom stereocenters. The fourth-order valence-corrected chi connectivity index (χ4v) is 11.5. The van der Waals surface area contributed by atoms with Crippen LogP contribution in [0.15, 0.2) is 12.2 Å². The van der Waals surface area contributed by atoms with Crippen LogP contribution in [-0.2, 0) is 19.1 Å². The zero-order valence-corrected chi connectivity index (χ0v) is 26.9. The zero-order valence-electron chi connectivity index (χ0n) is 26.9. The van der Waals surface area contributed by atoms with Crippen molar-refractivity contribution in [2.45, 2.75) is 136 Å².